The monoisotopic (exact) mass is 440 g/mol. The van der Waals surface area contributed by atoms with E-state index in [0.29, 0.717) is 12.4 Å². The van der Waals surface area contributed by atoms with Gasteiger partial charge in [-0.15, -0.1) is 11.8 Å². The second kappa shape index (κ2) is 11.1. The number of hydrogen-bond acceptors (Lipinski definition) is 5. The van der Waals surface area contributed by atoms with Crippen LogP contribution in [0.25, 0.3) is 0 Å². The van der Waals surface area contributed by atoms with Gasteiger partial charge in [0, 0.05) is 36.7 Å². The molecule has 0 bridgehead atoms. The Kier molecular flexibility index (Phi) is 8.29. The standard InChI is InChI=1S/C25H32N2O3S/c1-5-22(27(4)18(3)19-8-11-23(12-9-19)29-6-2)16-31-17-25(28)26-21-10-7-20-13-14-30-24(20)15-21/h5,7-12,15,18H,6,13-14,16-17H2,1-4H3,(H,26,28)/b22-5-. The largest absolute Gasteiger partial charge is 0.494 e. The van der Waals surface area contributed by atoms with Gasteiger partial charge in [0.15, 0.2) is 0 Å². The maximum Gasteiger partial charge on any atom is 0.234 e. The molecule has 0 fully saturated rings. The fourth-order valence-corrected chi connectivity index (χ4v) is 4.50. The minimum Gasteiger partial charge on any atom is -0.494 e. The van der Waals surface area contributed by atoms with E-state index >= 15 is 0 Å². The predicted molar refractivity (Wildman–Crippen MR) is 129 cm³/mol. The Hall–Kier alpha value is -2.60. The van der Waals surface area contributed by atoms with Gasteiger partial charge in [-0.3, -0.25) is 4.79 Å². The first-order chi connectivity index (χ1) is 15.0. The number of rotatable bonds is 10. The highest BCUT2D eigenvalue weighted by Gasteiger charge is 2.16. The lowest BCUT2D eigenvalue weighted by atomic mass is 10.1. The molecule has 2 aromatic carbocycles. The molecule has 0 aliphatic carbocycles. The Labute approximate surface area is 189 Å². The molecule has 3 rings (SSSR count). The van der Waals surface area contributed by atoms with Crippen LogP contribution in [0.1, 0.15) is 37.9 Å². The van der Waals surface area contributed by atoms with E-state index in [1.165, 1.54) is 16.8 Å². The van der Waals surface area contributed by atoms with Crippen LogP contribution in [0.15, 0.2) is 54.2 Å². The number of allylic oxidation sites excluding steroid dienone is 1. The summed E-state index contributed by atoms with van der Waals surface area (Å²) in [6.07, 6.45) is 3.06. The molecule has 31 heavy (non-hydrogen) atoms. The van der Waals surface area contributed by atoms with Crippen molar-refractivity contribution in [3.8, 4) is 11.5 Å². The molecule has 6 heteroatoms. The zero-order chi connectivity index (χ0) is 22.2. The average molecular weight is 441 g/mol. The van der Waals surface area contributed by atoms with Crippen LogP contribution < -0.4 is 14.8 Å². The Morgan fingerprint density at radius 1 is 1.26 bits per heavy atom. The van der Waals surface area contributed by atoms with Crippen LogP contribution in [0.5, 0.6) is 11.5 Å². The quantitative estimate of drug-likeness (QED) is 0.544. The van der Waals surface area contributed by atoms with Gasteiger partial charge in [-0.2, -0.15) is 0 Å². The molecular formula is C25H32N2O3S. The Morgan fingerprint density at radius 2 is 2.03 bits per heavy atom. The van der Waals surface area contributed by atoms with Gasteiger partial charge in [-0.1, -0.05) is 24.3 Å². The third-order valence-corrected chi connectivity index (χ3v) is 6.47. The van der Waals surface area contributed by atoms with Crippen LogP contribution in [0.3, 0.4) is 0 Å². The minimum absolute atomic E-state index is 0.000569. The van der Waals surface area contributed by atoms with E-state index in [1.54, 1.807) is 11.8 Å². The van der Waals surface area contributed by atoms with Crippen molar-refractivity contribution >= 4 is 23.4 Å². The maximum absolute atomic E-state index is 12.4. The number of carbonyl (C=O) groups is 1. The van der Waals surface area contributed by atoms with Crippen molar-refractivity contribution in [1.29, 1.82) is 0 Å². The first kappa shape index (κ1) is 23.1. The number of fused-ring (bicyclic) bond motifs is 1. The summed E-state index contributed by atoms with van der Waals surface area (Å²) < 4.78 is 11.1. The van der Waals surface area contributed by atoms with Crippen molar-refractivity contribution in [3.05, 3.63) is 65.4 Å². The van der Waals surface area contributed by atoms with Crippen molar-refractivity contribution < 1.29 is 14.3 Å². The van der Waals surface area contributed by atoms with Crippen molar-refractivity contribution in [2.24, 2.45) is 0 Å². The van der Waals surface area contributed by atoms with E-state index in [2.05, 4.69) is 42.4 Å². The summed E-state index contributed by atoms with van der Waals surface area (Å²) in [5.74, 6) is 2.95. The third-order valence-electron chi connectivity index (χ3n) is 5.50. The highest BCUT2D eigenvalue weighted by atomic mass is 32.2. The molecule has 1 aliphatic rings. The molecule has 1 atom stereocenters. The summed E-state index contributed by atoms with van der Waals surface area (Å²) in [5, 5.41) is 2.97. The smallest absolute Gasteiger partial charge is 0.234 e. The molecule has 0 radical (unpaired) electrons. The topological polar surface area (TPSA) is 50.8 Å². The molecule has 0 saturated heterocycles. The molecule has 1 heterocycles. The van der Waals surface area contributed by atoms with E-state index in [1.807, 2.05) is 44.2 Å². The van der Waals surface area contributed by atoms with Gasteiger partial charge in [-0.05, 0) is 50.1 Å². The molecular weight excluding hydrogens is 408 g/mol. The van der Waals surface area contributed by atoms with Gasteiger partial charge in [-0.25, -0.2) is 0 Å². The number of anilines is 1. The van der Waals surface area contributed by atoms with Gasteiger partial charge in [0.05, 0.1) is 25.0 Å². The van der Waals surface area contributed by atoms with Crippen molar-refractivity contribution in [2.45, 2.75) is 33.2 Å². The first-order valence-electron chi connectivity index (χ1n) is 10.8. The molecule has 0 spiro atoms. The maximum atomic E-state index is 12.4. The van der Waals surface area contributed by atoms with E-state index in [0.717, 1.165) is 36.0 Å². The summed E-state index contributed by atoms with van der Waals surface area (Å²) in [5.41, 5.74) is 4.42. The second-order valence-electron chi connectivity index (χ2n) is 7.53. The van der Waals surface area contributed by atoms with Gasteiger partial charge in [0.2, 0.25) is 5.91 Å². The predicted octanol–water partition coefficient (Wildman–Crippen LogP) is 5.29. The highest BCUT2D eigenvalue weighted by Crippen LogP contribution is 2.29. The van der Waals surface area contributed by atoms with Gasteiger partial charge < -0.3 is 19.7 Å². The van der Waals surface area contributed by atoms with Crippen LogP contribution in [0.2, 0.25) is 0 Å². The summed E-state index contributed by atoms with van der Waals surface area (Å²) in [4.78, 5) is 14.6. The van der Waals surface area contributed by atoms with Crippen LogP contribution in [0.4, 0.5) is 5.69 Å². The SMILES string of the molecule is C/C=C(/CSCC(=O)Nc1ccc2c(c1)OCC2)N(C)C(C)c1ccc(OCC)cc1. The number of thioether (sulfide) groups is 1. The summed E-state index contributed by atoms with van der Waals surface area (Å²) >= 11 is 1.62. The minimum atomic E-state index is 0.000569. The Balaban J connectivity index is 1.48. The van der Waals surface area contributed by atoms with Gasteiger partial charge in [0.1, 0.15) is 11.5 Å². The van der Waals surface area contributed by atoms with Crippen molar-refractivity contribution in [2.75, 3.05) is 37.1 Å². The fourth-order valence-electron chi connectivity index (χ4n) is 3.56. The highest BCUT2D eigenvalue weighted by molar-refractivity contribution is 8.00. The normalized spacial score (nSPS) is 13.9. The van der Waals surface area contributed by atoms with Crippen molar-refractivity contribution in [1.82, 2.24) is 4.90 Å². The molecule has 0 saturated carbocycles. The number of nitrogens with one attached hydrogen (secondary N) is 1. The number of carbonyl (C=O) groups excluding carboxylic acids is 1. The number of ether oxygens (including phenoxy) is 2. The van der Waals surface area contributed by atoms with Crippen molar-refractivity contribution in [3.63, 3.8) is 0 Å². The molecule has 166 valence electrons. The van der Waals surface area contributed by atoms with Gasteiger partial charge in [0.25, 0.3) is 0 Å². The summed E-state index contributed by atoms with van der Waals surface area (Å²) in [6, 6.07) is 14.4. The third kappa shape index (κ3) is 6.20. The lowest BCUT2D eigenvalue weighted by molar-refractivity contribution is -0.113. The average Bonchev–Trinajstić information content (AvgIpc) is 3.24. The Morgan fingerprint density at radius 3 is 2.74 bits per heavy atom. The van der Waals surface area contributed by atoms with Crippen LogP contribution >= 0.6 is 11.8 Å². The lowest BCUT2D eigenvalue weighted by Gasteiger charge is -2.30. The zero-order valence-corrected chi connectivity index (χ0v) is 19.6. The first-order valence-corrected chi connectivity index (χ1v) is 11.9. The number of benzene rings is 2. The summed E-state index contributed by atoms with van der Waals surface area (Å²) in [7, 11) is 2.10. The Bertz CT molecular complexity index is 911. The van der Waals surface area contributed by atoms with Crippen LogP contribution in [-0.2, 0) is 11.2 Å². The van der Waals surface area contributed by atoms with E-state index in [4.69, 9.17) is 9.47 Å². The second-order valence-corrected chi connectivity index (χ2v) is 8.52. The van der Waals surface area contributed by atoms with Crippen LogP contribution in [0, 0.1) is 0 Å². The van der Waals surface area contributed by atoms with E-state index < -0.39 is 0 Å². The molecule has 0 aromatic heterocycles. The molecule has 5 nitrogen and oxygen atoms in total. The van der Waals surface area contributed by atoms with E-state index in [9.17, 15) is 4.79 Å². The fraction of sp³-hybridized carbons (Fsp3) is 0.400. The number of amides is 1. The summed E-state index contributed by atoms with van der Waals surface area (Å²) in [6.45, 7) is 7.61. The zero-order valence-electron chi connectivity index (χ0n) is 18.8. The van der Waals surface area contributed by atoms with Crippen LogP contribution in [-0.4, -0.2) is 42.6 Å². The lowest BCUT2D eigenvalue weighted by Crippen LogP contribution is -2.23. The number of nitrogens with zero attached hydrogens (tertiary/aromatic N) is 1. The number of hydrogen-bond donors (Lipinski definition) is 1. The molecule has 1 unspecified atom stereocenters. The molecule has 1 N–H and O–H groups in total. The molecule has 2 aromatic rings. The van der Waals surface area contributed by atoms with E-state index in [-0.39, 0.29) is 11.9 Å². The molecule has 1 amide bonds. The van der Waals surface area contributed by atoms with Gasteiger partial charge >= 0.3 is 0 Å². The molecule has 1 aliphatic heterocycles.